The van der Waals surface area contributed by atoms with Gasteiger partial charge in [-0.15, -0.1) is 0 Å². The highest BCUT2D eigenvalue weighted by Gasteiger charge is 2.04. The lowest BCUT2D eigenvalue weighted by Gasteiger charge is -1.96. The van der Waals surface area contributed by atoms with Gasteiger partial charge in [0.1, 0.15) is 0 Å². The van der Waals surface area contributed by atoms with Crippen molar-refractivity contribution in [3.63, 3.8) is 0 Å². The number of aromatic nitrogens is 1. The van der Waals surface area contributed by atoms with E-state index in [2.05, 4.69) is 4.98 Å². The Hall–Kier alpha value is -1.81. The molecule has 4 heteroatoms. The lowest BCUT2D eigenvalue weighted by Crippen LogP contribution is -1.99. The van der Waals surface area contributed by atoms with E-state index in [0.29, 0.717) is 6.42 Å². The summed E-state index contributed by atoms with van der Waals surface area (Å²) in [5, 5.41) is 18.5. The van der Waals surface area contributed by atoms with Crippen LogP contribution in [0, 0.1) is 0 Å². The summed E-state index contributed by atoms with van der Waals surface area (Å²) in [5.41, 5.74) is 2.72. The summed E-state index contributed by atoms with van der Waals surface area (Å²) in [7, 11) is 0. The highest BCUT2D eigenvalue weighted by atomic mass is 16.4. The quantitative estimate of drug-likeness (QED) is 0.726. The normalized spacial score (nSPS) is 10.8. The van der Waals surface area contributed by atoms with E-state index in [-0.39, 0.29) is 13.0 Å². The third-order valence-corrected chi connectivity index (χ3v) is 2.48. The number of H-pyrrole nitrogens is 1. The summed E-state index contributed by atoms with van der Waals surface area (Å²) in [6.45, 7) is 0.106. The zero-order valence-corrected chi connectivity index (χ0v) is 8.73. The van der Waals surface area contributed by atoms with Gasteiger partial charge in [-0.2, -0.15) is 0 Å². The number of benzene rings is 1. The van der Waals surface area contributed by atoms with Crippen LogP contribution in [-0.4, -0.2) is 27.8 Å². The molecule has 84 valence electrons. The number of aliphatic hydroxyl groups excluding tert-OH is 1. The van der Waals surface area contributed by atoms with Crippen molar-refractivity contribution in [2.24, 2.45) is 0 Å². The SMILES string of the molecule is O=C(O)Cc1ccc2[nH]c(CCO)cc2c1. The lowest BCUT2D eigenvalue weighted by atomic mass is 10.1. The number of carboxylic acid groups (broad SMARTS) is 1. The van der Waals surface area contributed by atoms with Crippen LogP contribution < -0.4 is 0 Å². The molecule has 3 N–H and O–H groups in total. The lowest BCUT2D eigenvalue weighted by molar-refractivity contribution is -0.136. The van der Waals surface area contributed by atoms with Crippen LogP contribution in [0.5, 0.6) is 0 Å². The molecule has 1 heterocycles. The molecule has 0 saturated carbocycles. The molecule has 0 bridgehead atoms. The Labute approximate surface area is 92.5 Å². The van der Waals surface area contributed by atoms with Crippen LogP contribution in [0.25, 0.3) is 10.9 Å². The Morgan fingerprint density at radius 2 is 2.12 bits per heavy atom. The van der Waals surface area contributed by atoms with Gasteiger partial charge in [0.05, 0.1) is 6.42 Å². The van der Waals surface area contributed by atoms with Crippen LogP contribution in [0.4, 0.5) is 0 Å². The van der Waals surface area contributed by atoms with Crippen LogP contribution in [0.3, 0.4) is 0 Å². The van der Waals surface area contributed by atoms with Gasteiger partial charge in [-0.1, -0.05) is 6.07 Å². The first kappa shape index (κ1) is 10.7. The molecule has 0 saturated heterocycles. The number of carboxylic acids is 1. The number of aliphatic carboxylic acids is 1. The fraction of sp³-hybridized carbons (Fsp3) is 0.250. The average molecular weight is 219 g/mol. The van der Waals surface area contributed by atoms with Gasteiger partial charge in [0.25, 0.3) is 0 Å². The van der Waals surface area contributed by atoms with Gasteiger partial charge in [0.15, 0.2) is 0 Å². The Morgan fingerprint density at radius 1 is 1.31 bits per heavy atom. The summed E-state index contributed by atoms with van der Waals surface area (Å²) in [6, 6.07) is 7.47. The number of hydrogen-bond donors (Lipinski definition) is 3. The predicted octanol–water partition coefficient (Wildman–Crippen LogP) is 1.33. The zero-order chi connectivity index (χ0) is 11.5. The summed E-state index contributed by atoms with van der Waals surface area (Å²) in [4.78, 5) is 13.7. The third kappa shape index (κ3) is 2.23. The number of fused-ring (bicyclic) bond motifs is 1. The number of aliphatic hydroxyl groups is 1. The van der Waals surface area contributed by atoms with Crippen LogP contribution in [0.15, 0.2) is 24.3 Å². The molecule has 0 aliphatic carbocycles. The molecule has 1 aromatic carbocycles. The molecular weight excluding hydrogens is 206 g/mol. The molecule has 0 aliphatic heterocycles. The first-order chi connectivity index (χ1) is 7.69. The minimum absolute atomic E-state index is 0.0381. The molecule has 2 rings (SSSR count). The van der Waals surface area contributed by atoms with E-state index >= 15 is 0 Å². The fourth-order valence-electron chi connectivity index (χ4n) is 1.78. The van der Waals surface area contributed by atoms with Gasteiger partial charge in [-0.25, -0.2) is 0 Å². The molecule has 0 spiro atoms. The van der Waals surface area contributed by atoms with Crippen molar-refractivity contribution in [3.05, 3.63) is 35.5 Å². The van der Waals surface area contributed by atoms with Crippen LogP contribution in [-0.2, 0) is 17.6 Å². The Morgan fingerprint density at radius 3 is 2.81 bits per heavy atom. The molecule has 0 unspecified atom stereocenters. The van der Waals surface area contributed by atoms with Gasteiger partial charge >= 0.3 is 5.97 Å². The van der Waals surface area contributed by atoms with Gasteiger partial charge < -0.3 is 15.2 Å². The summed E-state index contributed by atoms with van der Waals surface area (Å²) >= 11 is 0. The predicted molar refractivity (Wildman–Crippen MR) is 60.4 cm³/mol. The van der Waals surface area contributed by atoms with Gasteiger partial charge in [-0.3, -0.25) is 4.79 Å². The largest absolute Gasteiger partial charge is 0.481 e. The Bertz CT molecular complexity index is 516. The van der Waals surface area contributed by atoms with Crippen molar-refractivity contribution in [1.82, 2.24) is 4.98 Å². The number of carbonyl (C=O) groups is 1. The number of hydrogen-bond acceptors (Lipinski definition) is 2. The third-order valence-electron chi connectivity index (χ3n) is 2.48. The van der Waals surface area contributed by atoms with Crippen molar-refractivity contribution in [3.8, 4) is 0 Å². The minimum atomic E-state index is -0.828. The van der Waals surface area contributed by atoms with Crippen molar-refractivity contribution in [2.75, 3.05) is 6.61 Å². The second-order valence-electron chi connectivity index (χ2n) is 3.76. The van der Waals surface area contributed by atoms with Gasteiger partial charge in [0, 0.05) is 24.2 Å². The van der Waals surface area contributed by atoms with E-state index in [1.807, 2.05) is 18.2 Å². The highest BCUT2D eigenvalue weighted by Crippen LogP contribution is 2.17. The molecule has 0 aliphatic rings. The summed E-state index contributed by atoms with van der Waals surface area (Å²) in [5.74, 6) is -0.828. The number of rotatable bonds is 4. The van der Waals surface area contributed by atoms with E-state index in [4.69, 9.17) is 10.2 Å². The minimum Gasteiger partial charge on any atom is -0.481 e. The molecule has 0 amide bonds. The Kier molecular flexibility index (Phi) is 2.92. The van der Waals surface area contributed by atoms with E-state index in [9.17, 15) is 4.79 Å². The second-order valence-corrected chi connectivity index (χ2v) is 3.76. The highest BCUT2D eigenvalue weighted by molar-refractivity contribution is 5.82. The van der Waals surface area contributed by atoms with E-state index < -0.39 is 5.97 Å². The average Bonchev–Trinajstić information content (AvgIpc) is 2.59. The second kappa shape index (κ2) is 4.37. The van der Waals surface area contributed by atoms with E-state index in [0.717, 1.165) is 22.2 Å². The maximum absolute atomic E-state index is 10.6. The van der Waals surface area contributed by atoms with Crippen molar-refractivity contribution in [1.29, 1.82) is 0 Å². The fourth-order valence-corrected chi connectivity index (χ4v) is 1.78. The first-order valence-electron chi connectivity index (χ1n) is 5.12. The monoisotopic (exact) mass is 219 g/mol. The zero-order valence-electron chi connectivity index (χ0n) is 8.73. The number of aromatic amines is 1. The van der Waals surface area contributed by atoms with Crippen LogP contribution in [0.2, 0.25) is 0 Å². The molecule has 2 aromatic rings. The van der Waals surface area contributed by atoms with Gasteiger partial charge in [0.2, 0.25) is 0 Å². The van der Waals surface area contributed by atoms with Crippen molar-refractivity contribution in [2.45, 2.75) is 12.8 Å². The van der Waals surface area contributed by atoms with Gasteiger partial charge in [-0.05, 0) is 29.1 Å². The van der Waals surface area contributed by atoms with Crippen LogP contribution in [0.1, 0.15) is 11.3 Å². The molecule has 4 nitrogen and oxygen atoms in total. The maximum Gasteiger partial charge on any atom is 0.307 e. The smallest absolute Gasteiger partial charge is 0.307 e. The van der Waals surface area contributed by atoms with Crippen molar-refractivity contribution < 1.29 is 15.0 Å². The van der Waals surface area contributed by atoms with E-state index in [1.165, 1.54) is 0 Å². The summed E-state index contributed by atoms with van der Waals surface area (Å²) < 4.78 is 0. The molecule has 0 radical (unpaired) electrons. The molecule has 0 atom stereocenters. The molecule has 0 fully saturated rings. The van der Waals surface area contributed by atoms with E-state index in [1.54, 1.807) is 6.07 Å². The molecule has 1 aromatic heterocycles. The maximum atomic E-state index is 10.6. The summed E-state index contributed by atoms with van der Waals surface area (Å²) in [6.07, 6.45) is 0.624. The number of nitrogens with one attached hydrogen (secondary N) is 1. The topological polar surface area (TPSA) is 73.3 Å². The molecule has 16 heavy (non-hydrogen) atoms. The first-order valence-corrected chi connectivity index (χ1v) is 5.12. The van der Waals surface area contributed by atoms with Crippen molar-refractivity contribution >= 4 is 16.9 Å². The standard InChI is InChI=1S/C12H13NO3/c14-4-3-10-7-9-5-8(6-12(15)16)1-2-11(9)13-10/h1-2,5,7,13-14H,3-4,6H2,(H,15,16). The Balaban J connectivity index is 2.33. The van der Waals surface area contributed by atoms with Crippen LogP contribution >= 0.6 is 0 Å². The molecular formula is C12H13NO3.